The zero-order valence-electron chi connectivity index (χ0n) is 9.67. The van der Waals surface area contributed by atoms with Gasteiger partial charge >= 0.3 is 0 Å². The molecule has 1 amide bonds. The molecule has 0 saturated heterocycles. The first-order valence-corrected chi connectivity index (χ1v) is 6.31. The van der Waals surface area contributed by atoms with Gasteiger partial charge in [-0.2, -0.15) is 0 Å². The summed E-state index contributed by atoms with van der Waals surface area (Å²) in [4.78, 5) is 11.6. The number of nitrogens with two attached hydrogens (primary N) is 1. The van der Waals surface area contributed by atoms with E-state index >= 15 is 0 Å². The summed E-state index contributed by atoms with van der Waals surface area (Å²) < 4.78 is 0. The first-order chi connectivity index (χ1) is 8.67. The van der Waals surface area contributed by atoms with Crippen LogP contribution in [0.1, 0.15) is 5.56 Å². The summed E-state index contributed by atoms with van der Waals surface area (Å²) in [5.41, 5.74) is 0.784. The molecule has 0 aliphatic heterocycles. The summed E-state index contributed by atoms with van der Waals surface area (Å²) in [5.74, 6) is 0.300. The first-order valence-electron chi connectivity index (χ1n) is 5.26. The molecule has 5 N–H and O–H groups in total. The van der Waals surface area contributed by atoms with Gasteiger partial charge in [0.25, 0.3) is 5.91 Å². The van der Waals surface area contributed by atoms with Crippen molar-refractivity contribution in [2.75, 3.05) is 12.3 Å². The van der Waals surface area contributed by atoms with Crippen LogP contribution in [0.3, 0.4) is 0 Å². The van der Waals surface area contributed by atoms with E-state index in [4.69, 9.17) is 15.5 Å². The molecule has 1 aromatic carbocycles. The molecule has 6 nitrogen and oxygen atoms in total. The molecule has 0 radical (unpaired) electrons. The highest BCUT2D eigenvalue weighted by molar-refractivity contribution is 7.97. The fourth-order valence-corrected chi connectivity index (χ4v) is 1.51. The van der Waals surface area contributed by atoms with Gasteiger partial charge in [-0.3, -0.25) is 9.93 Å². The van der Waals surface area contributed by atoms with E-state index in [1.807, 2.05) is 0 Å². The van der Waals surface area contributed by atoms with E-state index in [2.05, 4.69) is 10.5 Å². The average molecular weight is 269 g/mol. The number of rotatable bonds is 6. The molecular formula is C11H15N3O3S. The van der Waals surface area contributed by atoms with E-state index < -0.39 is 5.91 Å². The van der Waals surface area contributed by atoms with Crippen molar-refractivity contribution >= 4 is 23.6 Å². The summed E-state index contributed by atoms with van der Waals surface area (Å²) in [6.07, 6.45) is 0.193. The second-order valence-electron chi connectivity index (χ2n) is 3.52. The van der Waals surface area contributed by atoms with Crippen molar-refractivity contribution in [1.82, 2.24) is 5.32 Å². The third-order valence-corrected chi connectivity index (χ3v) is 2.64. The molecule has 18 heavy (non-hydrogen) atoms. The molecule has 1 rings (SSSR count). The fourth-order valence-electron chi connectivity index (χ4n) is 1.29. The molecular weight excluding hydrogens is 254 g/mol. The first kappa shape index (κ1) is 14.3. The van der Waals surface area contributed by atoms with Crippen molar-refractivity contribution in [1.29, 1.82) is 0 Å². The zero-order valence-corrected chi connectivity index (χ0v) is 10.5. The van der Waals surface area contributed by atoms with Crippen LogP contribution in [0, 0.1) is 0 Å². The minimum absolute atomic E-state index is 0.0164. The van der Waals surface area contributed by atoms with Crippen molar-refractivity contribution in [2.24, 2.45) is 10.3 Å². The van der Waals surface area contributed by atoms with Gasteiger partial charge in [0.2, 0.25) is 0 Å². The number of benzene rings is 1. The highest BCUT2D eigenvalue weighted by Gasteiger charge is 2.12. The Kier molecular flexibility index (Phi) is 6.03. The topological polar surface area (TPSA) is 108 Å². The van der Waals surface area contributed by atoms with E-state index in [0.29, 0.717) is 12.3 Å². The summed E-state index contributed by atoms with van der Waals surface area (Å²) in [6, 6.07) is 6.33. The Hall–Kier alpha value is -1.73. The number of hydrogen-bond donors (Lipinski definition) is 4. The zero-order chi connectivity index (χ0) is 13.4. The Bertz CT molecular complexity index is 420. The number of carbonyl (C=O) groups is 1. The lowest BCUT2D eigenvalue weighted by atomic mass is 10.1. The maximum absolute atomic E-state index is 11.6. The lowest BCUT2D eigenvalue weighted by Gasteiger charge is -2.06. The SMILES string of the molecule is NSCCNC(=O)/C(Cc1ccc(O)cc1)=N/O. The Morgan fingerprint density at radius 1 is 1.39 bits per heavy atom. The number of hydrogen-bond acceptors (Lipinski definition) is 6. The third kappa shape index (κ3) is 4.64. The molecule has 0 fully saturated rings. The van der Waals surface area contributed by atoms with Gasteiger partial charge in [0.1, 0.15) is 11.5 Å². The van der Waals surface area contributed by atoms with Gasteiger partial charge in [-0.05, 0) is 17.7 Å². The quantitative estimate of drug-likeness (QED) is 0.198. The second-order valence-corrected chi connectivity index (χ2v) is 4.26. The lowest BCUT2D eigenvalue weighted by molar-refractivity contribution is -0.114. The smallest absolute Gasteiger partial charge is 0.269 e. The van der Waals surface area contributed by atoms with Crippen LogP contribution in [0.5, 0.6) is 5.75 Å². The molecule has 0 unspecified atom stereocenters. The largest absolute Gasteiger partial charge is 0.508 e. The van der Waals surface area contributed by atoms with Crippen LogP contribution in [-0.2, 0) is 11.2 Å². The predicted molar refractivity (Wildman–Crippen MR) is 70.7 cm³/mol. The van der Waals surface area contributed by atoms with Crippen molar-refractivity contribution in [3.05, 3.63) is 29.8 Å². The second kappa shape index (κ2) is 7.57. The van der Waals surface area contributed by atoms with Crippen LogP contribution in [0.15, 0.2) is 29.4 Å². The Morgan fingerprint density at radius 3 is 2.61 bits per heavy atom. The van der Waals surface area contributed by atoms with Gasteiger partial charge in [-0.15, -0.1) is 0 Å². The van der Waals surface area contributed by atoms with Crippen LogP contribution in [0.2, 0.25) is 0 Å². The summed E-state index contributed by atoms with van der Waals surface area (Å²) >= 11 is 1.12. The summed E-state index contributed by atoms with van der Waals surface area (Å²) in [6.45, 7) is 0.411. The number of oxime groups is 1. The van der Waals surface area contributed by atoms with Crippen LogP contribution in [0.4, 0.5) is 0 Å². The fraction of sp³-hybridized carbons (Fsp3) is 0.273. The minimum atomic E-state index is -0.431. The number of nitrogens with zero attached hydrogens (tertiary/aromatic N) is 1. The number of nitrogens with one attached hydrogen (secondary N) is 1. The molecule has 0 spiro atoms. The number of carbonyl (C=O) groups excluding carboxylic acids is 1. The van der Waals surface area contributed by atoms with E-state index in [1.54, 1.807) is 12.1 Å². The standard InChI is InChI=1S/C11H15N3O3S/c12-18-6-5-13-11(16)10(14-17)7-8-1-3-9(15)4-2-8/h1-4,15,17H,5-7,12H2,(H,13,16)/b14-10+. The van der Waals surface area contributed by atoms with E-state index in [1.165, 1.54) is 12.1 Å². The van der Waals surface area contributed by atoms with E-state index in [-0.39, 0.29) is 17.9 Å². The Labute approximate surface area is 109 Å². The molecule has 7 heteroatoms. The van der Waals surface area contributed by atoms with Crippen LogP contribution in [0.25, 0.3) is 0 Å². The summed E-state index contributed by atoms with van der Waals surface area (Å²) in [5, 5.41) is 28.7. The van der Waals surface area contributed by atoms with Crippen LogP contribution < -0.4 is 10.5 Å². The van der Waals surface area contributed by atoms with Crippen molar-refractivity contribution in [3.8, 4) is 5.75 Å². The lowest BCUT2D eigenvalue weighted by Crippen LogP contribution is -2.34. The van der Waals surface area contributed by atoms with Crippen molar-refractivity contribution < 1.29 is 15.1 Å². The maximum Gasteiger partial charge on any atom is 0.269 e. The number of phenolic OH excluding ortho intramolecular Hbond substituents is 1. The van der Waals surface area contributed by atoms with Gasteiger partial charge in [0.15, 0.2) is 0 Å². The van der Waals surface area contributed by atoms with Gasteiger partial charge in [0, 0.05) is 18.7 Å². The van der Waals surface area contributed by atoms with Gasteiger partial charge in [-0.25, -0.2) is 0 Å². The minimum Gasteiger partial charge on any atom is -0.508 e. The molecule has 0 saturated carbocycles. The molecule has 98 valence electrons. The monoisotopic (exact) mass is 269 g/mol. The third-order valence-electron chi connectivity index (χ3n) is 2.20. The molecule has 0 aromatic heterocycles. The molecule has 0 atom stereocenters. The molecule has 0 aliphatic rings. The van der Waals surface area contributed by atoms with E-state index in [9.17, 15) is 4.79 Å². The Morgan fingerprint density at radius 2 is 2.06 bits per heavy atom. The molecule has 1 aromatic rings. The van der Waals surface area contributed by atoms with E-state index in [0.717, 1.165) is 17.5 Å². The Balaban J connectivity index is 2.56. The highest BCUT2D eigenvalue weighted by atomic mass is 32.2. The number of aromatic hydroxyl groups is 1. The van der Waals surface area contributed by atoms with Crippen molar-refractivity contribution in [3.63, 3.8) is 0 Å². The van der Waals surface area contributed by atoms with Crippen molar-refractivity contribution in [2.45, 2.75) is 6.42 Å². The van der Waals surface area contributed by atoms with Gasteiger partial charge < -0.3 is 15.6 Å². The highest BCUT2D eigenvalue weighted by Crippen LogP contribution is 2.10. The van der Waals surface area contributed by atoms with Gasteiger partial charge in [0.05, 0.1) is 0 Å². The summed E-state index contributed by atoms with van der Waals surface area (Å²) in [7, 11) is 0. The van der Waals surface area contributed by atoms with Crippen LogP contribution >= 0.6 is 11.9 Å². The molecule has 0 heterocycles. The average Bonchev–Trinajstić information content (AvgIpc) is 2.38. The number of phenols is 1. The maximum atomic E-state index is 11.6. The molecule has 0 aliphatic carbocycles. The predicted octanol–water partition coefficient (Wildman–Crippen LogP) is 0.488. The normalized spacial score (nSPS) is 11.3. The van der Waals surface area contributed by atoms with Crippen LogP contribution in [-0.4, -0.2) is 34.2 Å². The number of amides is 1. The molecule has 0 bridgehead atoms. The van der Waals surface area contributed by atoms with Gasteiger partial charge in [-0.1, -0.05) is 29.2 Å².